The Bertz CT molecular complexity index is 398. The number of nitrogens with zero attached hydrogens (tertiary/aromatic N) is 1. The van der Waals surface area contributed by atoms with E-state index in [-0.39, 0.29) is 0 Å². The highest BCUT2D eigenvalue weighted by Gasteiger charge is 1.97. The predicted octanol–water partition coefficient (Wildman–Crippen LogP) is 3.12. The molecule has 13 heavy (non-hydrogen) atoms. The van der Waals surface area contributed by atoms with Crippen LogP contribution in [0.25, 0.3) is 11.8 Å². The summed E-state index contributed by atoms with van der Waals surface area (Å²) < 4.78 is 2.10. The highest BCUT2D eigenvalue weighted by molar-refractivity contribution is 5.48. The Morgan fingerprint density at radius 3 is 2.46 bits per heavy atom. The fourth-order valence-electron chi connectivity index (χ4n) is 1.38. The lowest BCUT2D eigenvalue weighted by Gasteiger charge is -2.04. The molecule has 0 bridgehead atoms. The average Bonchev–Trinajstić information content (AvgIpc) is 2.67. The molecule has 1 aromatic heterocycles. The zero-order valence-electron chi connectivity index (χ0n) is 7.35. The Morgan fingerprint density at radius 2 is 1.77 bits per heavy atom. The van der Waals surface area contributed by atoms with E-state index in [0.29, 0.717) is 0 Å². The molecule has 1 heteroatoms. The van der Waals surface area contributed by atoms with Crippen LogP contribution in [0.5, 0.6) is 0 Å². The molecule has 0 fully saturated rings. The molecule has 0 aliphatic heterocycles. The van der Waals surface area contributed by atoms with Crippen molar-refractivity contribution in [2.75, 3.05) is 0 Å². The summed E-state index contributed by atoms with van der Waals surface area (Å²) in [6.45, 7) is 3.77. The van der Waals surface area contributed by atoms with E-state index in [4.69, 9.17) is 0 Å². The molecule has 0 saturated carbocycles. The van der Waals surface area contributed by atoms with Crippen LogP contribution in [0.1, 0.15) is 5.69 Å². The third-order valence-corrected chi connectivity index (χ3v) is 2.02. The van der Waals surface area contributed by atoms with Crippen molar-refractivity contribution < 1.29 is 0 Å². The molecule has 0 aliphatic carbocycles. The maximum absolute atomic E-state index is 3.77. The first-order valence-corrected chi connectivity index (χ1v) is 4.27. The van der Waals surface area contributed by atoms with Gasteiger partial charge in [0.2, 0.25) is 0 Å². The molecule has 0 N–H and O–H groups in total. The van der Waals surface area contributed by atoms with Crippen LogP contribution in [0.3, 0.4) is 0 Å². The van der Waals surface area contributed by atoms with Gasteiger partial charge in [0.25, 0.3) is 0 Å². The van der Waals surface area contributed by atoms with Crippen LogP contribution in [0.4, 0.5) is 0 Å². The van der Waals surface area contributed by atoms with Crippen molar-refractivity contribution in [2.24, 2.45) is 0 Å². The molecule has 0 spiro atoms. The number of aromatic nitrogens is 1. The van der Waals surface area contributed by atoms with E-state index in [1.54, 1.807) is 0 Å². The standard InChI is InChI=1S/C12H11N/c1-2-11-9-6-10-13(11)12-7-4-3-5-8-12/h2-10H,1H2. The minimum absolute atomic E-state index is 1.12. The molecule has 0 aliphatic rings. The SMILES string of the molecule is C=Cc1cccn1-c1ccccc1. The van der Waals surface area contributed by atoms with Crippen molar-refractivity contribution in [3.8, 4) is 5.69 Å². The van der Waals surface area contributed by atoms with E-state index in [1.807, 2.05) is 42.6 Å². The molecule has 0 amide bonds. The molecule has 0 saturated heterocycles. The van der Waals surface area contributed by atoms with Gasteiger partial charge in [-0.3, -0.25) is 0 Å². The van der Waals surface area contributed by atoms with Crippen LogP contribution < -0.4 is 0 Å². The van der Waals surface area contributed by atoms with Crippen LogP contribution in [0, 0.1) is 0 Å². The van der Waals surface area contributed by atoms with Crippen molar-refractivity contribution in [3.05, 3.63) is 60.9 Å². The molecule has 2 aromatic rings. The normalized spacial score (nSPS) is 9.85. The monoisotopic (exact) mass is 169 g/mol. The largest absolute Gasteiger partial charge is 0.317 e. The van der Waals surface area contributed by atoms with Crippen LogP contribution in [-0.4, -0.2) is 4.57 Å². The van der Waals surface area contributed by atoms with Gasteiger partial charge in [-0.25, -0.2) is 0 Å². The highest BCUT2D eigenvalue weighted by atomic mass is 15.0. The van der Waals surface area contributed by atoms with E-state index in [0.717, 1.165) is 5.69 Å². The molecule has 0 unspecified atom stereocenters. The van der Waals surface area contributed by atoms with Crippen LogP contribution in [0.2, 0.25) is 0 Å². The number of benzene rings is 1. The van der Waals surface area contributed by atoms with Gasteiger partial charge in [-0.1, -0.05) is 24.8 Å². The quantitative estimate of drug-likeness (QED) is 0.651. The van der Waals surface area contributed by atoms with E-state index < -0.39 is 0 Å². The van der Waals surface area contributed by atoms with E-state index in [2.05, 4.69) is 23.3 Å². The molecule has 0 radical (unpaired) electrons. The van der Waals surface area contributed by atoms with Gasteiger partial charge in [-0.05, 0) is 30.3 Å². The van der Waals surface area contributed by atoms with Gasteiger partial charge in [0.05, 0.1) is 0 Å². The van der Waals surface area contributed by atoms with Gasteiger partial charge in [-0.15, -0.1) is 0 Å². The van der Waals surface area contributed by atoms with E-state index >= 15 is 0 Å². The first-order chi connectivity index (χ1) is 6.42. The summed E-state index contributed by atoms with van der Waals surface area (Å²) in [6.07, 6.45) is 3.89. The van der Waals surface area contributed by atoms with Crippen molar-refractivity contribution >= 4 is 6.08 Å². The zero-order chi connectivity index (χ0) is 9.10. The van der Waals surface area contributed by atoms with Crippen molar-refractivity contribution in [2.45, 2.75) is 0 Å². The Morgan fingerprint density at radius 1 is 1.00 bits per heavy atom. The van der Waals surface area contributed by atoms with Gasteiger partial charge < -0.3 is 4.57 Å². The molecular formula is C12H11N. The summed E-state index contributed by atoms with van der Waals surface area (Å²) in [5.74, 6) is 0. The number of hydrogen-bond donors (Lipinski definition) is 0. The summed E-state index contributed by atoms with van der Waals surface area (Å²) in [5, 5.41) is 0. The van der Waals surface area contributed by atoms with Gasteiger partial charge in [0.15, 0.2) is 0 Å². The lowest BCUT2D eigenvalue weighted by Crippen LogP contribution is -1.92. The Balaban J connectivity index is 2.52. The molecule has 1 aromatic carbocycles. The summed E-state index contributed by atoms with van der Waals surface area (Å²) >= 11 is 0. The lowest BCUT2D eigenvalue weighted by molar-refractivity contribution is 1.06. The summed E-state index contributed by atoms with van der Waals surface area (Å²) in [5.41, 5.74) is 2.29. The first-order valence-electron chi connectivity index (χ1n) is 4.27. The van der Waals surface area contributed by atoms with Gasteiger partial charge in [0, 0.05) is 17.6 Å². The Labute approximate surface area is 77.9 Å². The van der Waals surface area contributed by atoms with Crippen molar-refractivity contribution in [1.29, 1.82) is 0 Å². The molecular weight excluding hydrogens is 158 g/mol. The molecule has 1 nitrogen and oxygen atoms in total. The van der Waals surface area contributed by atoms with Crippen molar-refractivity contribution in [3.63, 3.8) is 0 Å². The van der Waals surface area contributed by atoms with Crippen LogP contribution in [0.15, 0.2) is 55.2 Å². The van der Waals surface area contributed by atoms with Gasteiger partial charge >= 0.3 is 0 Å². The van der Waals surface area contributed by atoms with E-state index in [9.17, 15) is 0 Å². The van der Waals surface area contributed by atoms with E-state index in [1.165, 1.54) is 5.69 Å². The maximum atomic E-state index is 3.77. The van der Waals surface area contributed by atoms with Crippen LogP contribution >= 0.6 is 0 Å². The molecule has 2 rings (SSSR count). The summed E-state index contributed by atoms with van der Waals surface area (Å²) in [6, 6.07) is 14.3. The number of hydrogen-bond acceptors (Lipinski definition) is 0. The van der Waals surface area contributed by atoms with Crippen molar-refractivity contribution in [1.82, 2.24) is 4.57 Å². The first kappa shape index (κ1) is 7.87. The molecule has 1 heterocycles. The fourth-order valence-corrected chi connectivity index (χ4v) is 1.38. The zero-order valence-corrected chi connectivity index (χ0v) is 7.35. The number of para-hydroxylation sites is 1. The number of rotatable bonds is 2. The smallest absolute Gasteiger partial charge is 0.0455 e. The second-order valence-electron chi connectivity index (χ2n) is 2.84. The molecule has 0 atom stereocenters. The lowest BCUT2D eigenvalue weighted by atomic mass is 10.3. The average molecular weight is 169 g/mol. The predicted molar refractivity (Wildman–Crippen MR) is 55.9 cm³/mol. The van der Waals surface area contributed by atoms with Gasteiger partial charge in [-0.2, -0.15) is 0 Å². The minimum atomic E-state index is 1.12. The topological polar surface area (TPSA) is 4.93 Å². The second kappa shape index (κ2) is 3.31. The molecule has 64 valence electrons. The third kappa shape index (κ3) is 1.41. The summed E-state index contributed by atoms with van der Waals surface area (Å²) in [4.78, 5) is 0. The summed E-state index contributed by atoms with van der Waals surface area (Å²) in [7, 11) is 0. The highest BCUT2D eigenvalue weighted by Crippen LogP contribution is 2.12. The van der Waals surface area contributed by atoms with Gasteiger partial charge in [0.1, 0.15) is 0 Å². The third-order valence-electron chi connectivity index (χ3n) is 2.02. The second-order valence-corrected chi connectivity index (χ2v) is 2.84. The Hall–Kier alpha value is -1.76. The maximum Gasteiger partial charge on any atom is 0.0455 e. The fraction of sp³-hybridized carbons (Fsp3) is 0. The minimum Gasteiger partial charge on any atom is -0.317 e. The van der Waals surface area contributed by atoms with Crippen LogP contribution in [-0.2, 0) is 0 Å². The Kier molecular flexibility index (Phi) is 2.01.